The number of nitrogens with one attached hydrogen (secondary N) is 1. The van der Waals surface area contributed by atoms with Gasteiger partial charge in [-0.3, -0.25) is 9.78 Å². The number of methoxy groups -OCH3 is 2. The molecule has 1 heterocycles. The molecule has 8 nitrogen and oxygen atoms in total. The van der Waals surface area contributed by atoms with Crippen molar-refractivity contribution in [3.05, 3.63) is 66.1 Å². The van der Waals surface area contributed by atoms with E-state index in [-0.39, 0.29) is 5.69 Å². The largest absolute Gasteiger partial charge is 0.497 e. The third-order valence-electron chi connectivity index (χ3n) is 4.13. The summed E-state index contributed by atoms with van der Waals surface area (Å²) in [4.78, 5) is 20.9. The molecule has 0 unspecified atom stereocenters. The van der Waals surface area contributed by atoms with Crippen molar-refractivity contribution in [2.24, 2.45) is 5.10 Å². The molecule has 0 saturated carbocycles. The van der Waals surface area contributed by atoms with Gasteiger partial charge in [0.2, 0.25) is 0 Å². The highest BCUT2D eigenvalue weighted by atomic mass is 16.5. The van der Waals surface area contributed by atoms with Crippen LogP contribution >= 0.6 is 0 Å². The Morgan fingerprint density at radius 2 is 1.83 bits per heavy atom. The third-order valence-corrected chi connectivity index (χ3v) is 4.13. The summed E-state index contributed by atoms with van der Waals surface area (Å²) in [5, 5.41) is 3.99. The maximum Gasteiger partial charge on any atom is 0.291 e. The van der Waals surface area contributed by atoms with E-state index in [0.717, 1.165) is 11.3 Å². The van der Waals surface area contributed by atoms with Crippen LogP contribution in [-0.4, -0.2) is 42.9 Å². The lowest BCUT2D eigenvalue weighted by atomic mass is 10.1. The molecular weight excluding hydrogens is 384 g/mol. The number of benzene rings is 2. The Morgan fingerprint density at radius 3 is 2.53 bits per heavy atom. The molecule has 154 valence electrons. The zero-order valence-electron chi connectivity index (χ0n) is 17.0. The maximum atomic E-state index is 12.4. The van der Waals surface area contributed by atoms with E-state index in [1.54, 1.807) is 38.6 Å². The van der Waals surface area contributed by atoms with Crippen molar-refractivity contribution in [1.29, 1.82) is 0 Å². The quantitative estimate of drug-likeness (QED) is 0.455. The molecule has 1 N–H and O–H groups in total. The third kappa shape index (κ3) is 5.11. The molecule has 2 aromatic carbocycles. The van der Waals surface area contributed by atoms with Gasteiger partial charge in [-0.15, -0.1) is 0 Å². The number of hydrogen-bond donors (Lipinski definition) is 1. The number of hydrazone groups is 1. The van der Waals surface area contributed by atoms with Crippen molar-refractivity contribution < 1.29 is 19.0 Å². The van der Waals surface area contributed by atoms with E-state index < -0.39 is 5.91 Å². The Labute approximate surface area is 174 Å². The summed E-state index contributed by atoms with van der Waals surface area (Å²) in [7, 11) is 3.13. The van der Waals surface area contributed by atoms with E-state index in [2.05, 4.69) is 20.5 Å². The van der Waals surface area contributed by atoms with Crippen LogP contribution < -0.4 is 19.6 Å². The van der Waals surface area contributed by atoms with Gasteiger partial charge in [0.25, 0.3) is 5.91 Å². The molecule has 3 rings (SSSR count). The summed E-state index contributed by atoms with van der Waals surface area (Å²) in [6.07, 6.45) is 4.45. The molecule has 0 atom stereocenters. The molecule has 0 bridgehead atoms. The first kappa shape index (κ1) is 20.8. The lowest BCUT2D eigenvalue weighted by Crippen LogP contribution is -2.19. The number of hydrogen-bond acceptors (Lipinski definition) is 7. The van der Waals surface area contributed by atoms with E-state index in [4.69, 9.17) is 14.2 Å². The second-order valence-corrected chi connectivity index (χ2v) is 6.05. The van der Waals surface area contributed by atoms with Crippen molar-refractivity contribution in [2.75, 3.05) is 20.8 Å². The Bertz CT molecular complexity index is 1040. The molecule has 3 aromatic rings. The van der Waals surface area contributed by atoms with Crippen LogP contribution in [0.4, 0.5) is 0 Å². The predicted molar refractivity (Wildman–Crippen MR) is 113 cm³/mol. The molecule has 0 spiro atoms. The van der Waals surface area contributed by atoms with Crippen LogP contribution in [0.5, 0.6) is 17.2 Å². The van der Waals surface area contributed by atoms with Gasteiger partial charge in [0.1, 0.15) is 22.9 Å². The molecule has 8 heteroatoms. The van der Waals surface area contributed by atoms with E-state index in [9.17, 15) is 4.79 Å². The van der Waals surface area contributed by atoms with Crippen LogP contribution in [0.2, 0.25) is 0 Å². The lowest BCUT2D eigenvalue weighted by Gasteiger charge is -2.07. The summed E-state index contributed by atoms with van der Waals surface area (Å²) in [5.41, 5.74) is 4.66. The number of aromatic nitrogens is 2. The number of nitrogens with zero attached hydrogens (tertiary/aromatic N) is 3. The average Bonchev–Trinajstić information content (AvgIpc) is 2.79. The van der Waals surface area contributed by atoms with E-state index in [1.165, 1.54) is 12.4 Å². The van der Waals surface area contributed by atoms with Crippen LogP contribution in [0.3, 0.4) is 0 Å². The van der Waals surface area contributed by atoms with Crippen LogP contribution in [0.25, 0.3) is 11.3 Å². The summed E-state index contributed by atoms with van der Waals surface area (Å²) in [5.74, 6) is 1.54. The topological polar surface area (TPSA) is 94.9 Å². The SMILES string of the molecule is CCOc1ccc(-c2cncc(C(=O)N/N=C/c3cc(OC)ccc3OC)n2)cc1. The summed E-state index contributed by atoms with van der Waals surface area (Å²) in [6.45, 7) is 2.52. The first-order valence-electron chi connectivity index (χ1n) is 9.25. The first-order chi connectivity index (χ1) is 14.6. The van der Waals surface area contributed by atoms with E-state index in [0.29, 0.717) is 29.4 Å². The first-order valence-corrected chi connectivity index (χ1v) is 9.25. The number of ether oxygens (including phenoxy) is 3. The van der Waals surface area contributed by atoms with E-state index >= 15 is 0 Å². The Hall–Kier alpha value is -3.94. The zero-order valence-corrected chi connectivity index (χ0v) is 17.0. The molecule has 0 aliphatic heterocycles. The normalized spacial score (nSPS) is 10.6. The molecule has 1 aromatic heterocycles. The standard InChI is InChI=1S/C22H22N4O4/c1-4-30-17-7-5-15(6-8-17)19-13-23-14-20(25-19)22(27)26-24-12-16-11-18(28-2)9-10-21(16)29-3/h5-14H,4H2,1-3H3,(H,26,27)/b24-12+. The molecule has 0 radical (unpaired) electrons. The Morgan fingerprint density at radius 1 is 1.07 bits per heavy atom. The monoisotopic (exact) mass is 406 g/mol. The molecule has 1 amide bonds. The fourth-order valence-corrected chi connectivity index (χ4v) is 2.66. The number of rotatable bonds is 8. The van der Waals surface area contributed by atoms with Gasteiger partial charge >= 0.3 is 0 Å². The second kappa shape index (κ2) is 10.0. The van der Waals surface area contributed by atoms with Gasteiger partial charge in [-0.2, -0.15) is 5.10 Å². The van der Waals surface area contributed by atoms with Gasteiger partial charge in [-0.05, 0) is 49.4 Å². The van der Waals surface area contributed by atoms with Crippen molar-refractivity contribution in [3.8, 4) is 28.5 Å². The minimum atomic E-state index is -0.478. The molecule has 0 aliphatic carbocycles. The molecule has 30 heavy (non-hydrogen) atoms. The highest BCUT2D eigenvalue weighted by molar-refractivity contribution is 5.93. The van der Waals surface area contributed by atoms with Crippen molar-refractivity contribution >= 4 is 12.1 Å². The predicted octanol–water partition coefficient (Wildman–Crippen LogP) is 3.32. The van der Waals surface area contributed by atoms with Gasteiger partial charge < -0.3 is 14.2 Å². The van der Waals surface area contributed by atoms with Gasteiger partial charge in [-0.25, -0.2) is 10.4 Å². The van der Waals surface area contributed by atoms with Crippen LogP contribution in [0.15, 0.2) is 60.0 Å². The van der Waals surface area contributed by atoms with Gasteiger partial charge in [0.05, 0.1) is 45.1 Å². The van der Waals surface area contributed by atoms with Gasteiger partial charge in [0.15, 0.2) is 0 Å². The highest BCUT2D eigenvalue weighted by Crippen LogP contribution is 2.22. The smallest absolute Gasteiger partial charge is 0.291 e. The number of carbonyl (C=O) groups excluding carboxylic acids is 1. The van der Waals surface area contributed by atoms with Crippen molar-refractivity contribution in [3.63, 3.8) is 0 Å². The minimum Gasteiger partial charge on any atom is -0.497 e. The Balaban J connectivity index is 1.72. The molecule has 0 saturated heterocycles. The van der Waals surface area contributed by atoms with E-state index in [1.807, 2.05) is 31.2 Å². The fourth-order valence-electron chi connectivity index (χ4n) is 2.66. The molecular formula is C22H22N4O4. The van der Waals surface area contributed by atoms with Crippen LogP contribution in [0.1, 0.15) is 23.0 Å². The summed E-state index contributed by atoms with van der Waals surface area (Å²) < 4.78 is 15.9. The average molecular weight is 406 g/mol. The summed E-state index contributed by atoms with van der Waals surface area (Å²) >= 11 is 0. The highest BCUT2D eigenvalue weighted by Gasteiger charge is 2.10. The fraction of sp³-hybridized carbons (Fsp3) is 0.182. The minimum absolute atomic E-state index is 0.149. The van der Waals surface area contributed by atoms with Crippen molar-refractivity contribution in [1.82, 2.24) is 15.4 Å². The maximum absolute atomic E-state index is 12.4. The van der Waals surface area contributed by atoms with Gasteiger partial charge in [-0.1, -0.05) is 0 Å². The molecule has 0 aliphatic rings. The number of amides is 1. The Kier molecular flexibility index (Phi) is 6.94. The van der Waals surface area contributed by atoms with Crippen molar-refractivity contribution in [2.45, 2.75) is 6.92 Å². The lowest BCUT2D eigenvalue weighted by molar-refractivity contribution is 0.0950. The van der Waals surface area contributed by atoms with Crippen LogP contribution in [-0.2, 0) is 0 Å². The number of carbonyl (C=O) groups is 1. The van der Waals surface area contributed by atoms with Crippen LogP contribution in [0, 0.1) is 0 Å². The molecule has 0 fully saturated rings. The van der Waals surface area contributed by atoms with Gasteiger partial charge in [0, 0.05) is 11.1 Å². The summed E-state index contributed by atoms with van der Waals surface area (Å²) in [6, 6.07) is 12.7. The zero-order chi connectivity index (χ0) is 21.3. The second-order valence-electron chi connectivity index (χ2n) is 6.05.